The van der Waals surface area contributed by atoms with E-state index in [0.29, 0.717) is 54.5 Å². The minimum atomic E-state index is -4.88. The minimum Gasteiger partial charge on any atom is -0.489 e. The van der Waals surface area contributed by atoms with Crippen molar-refractivity contribution in [2.75, 3.05) is 61.2 Å². The number of piperidine rings is 1. The fraction of sp³-hybridized carbons (Fsp3) is 0.552. The third-order valence-corrected chi connectivity index (χ3v) is 20.8. The summed E-state index contributed by atoms with van der Waals surface area (Å²) in [4.78, 5) is 60.2. The van der Waals surface area contributed by atoms with Gasteiger partial charge >= 0.3 is 7.82 Å². The van der Waals surface area contributed by atoms with Crippen molar-refractivity contribution in [3.63, 3.8) is 0 Å². The Bertz CT molecular complexity index is 3460. The molecule has 2 aliphatic carbocycles. The van der Waals surface area contributed by atoms with Crippen LogP contribution in [-0.4, -0.2) is 131 Å². The highest BCUT2D eigenvalue weighted by Gasteiger charge is 2.54. The molecule has 440 valence electrons. The molecular formula is C58H72FN8O13PS. The van der Waals surface area contributed by atoms with Gasteiger partial charge in [0.1, 0.15) is 29.7 Å². The first-order valence-corrected chi connectivity index (χ1v) is 31.5. The summed E-state index contributed by atoms with van der Waals surface area (Å²) in [6, 6.07) is 19.0. The lowest BCUT2D eigenvalue weighted by Crippen LogP contribution is -2.61. The third-order valence-electron chi connectivity index (χ3n) is 18.8. The zero-order chi connectivity index (χ0) is 57.7. The molecule has 5 aromatic rings. The summed E-state index contributed by atoms with van der Waals surface area (Å²) >= 11 is 0. The largest absolute Gasteiger partial charge is 0.489 e. The van der Waals surface area contributed by atoms with Crippen LogP contribution in [0.3, 0.4) is 0 Å². The van der Waals surface area contributed by atoms with Crippen LogP contribution in [0, 0.1) is 15.5 Å². The second-order valence-corrected chi connectivity index (χ2v) is 27.7. The number of ether oxygens (including phenoxy) is 4. The van der Waals surface area contributed by atoms with Crippen molar-refractivity contribution >= 4 is 63.2 Å². The van der Waals surface area contributed by atoms with Crippen LogP contribution in [0.4, 0.5) is 32.8 Å². The Morgan fingerprint density at radius 1 is 0.939 bits per heavy atom. The Morgan fingerprint density at radius 2 is 1.68 bits per heavy atom. The zero-order valence-electron chi connectivity index (χ0n) is 46.8. The Balaban J connectivity index is 0.826. The quantitative estimate of drug-likeness (QED) is 0.0442. The van der Waals surface area contributed by atoms with E-state index in [4.69, 9.17) is 28.5 Å². The number of hydrogen-bond acceptors (Lipinski definition) is 16. The normalized spacial score (nSPS) is 27.5. The number of hydrogen-bond donors (Lipinski definition) is 5. The molecule has 5 fully saturated rings. The first-order chi connectivity index (χ1) is 38.9. The molecule has 3 saturated heterocycles. The summed E-state index contributed by atoms with van der Waals surface area (Å²) < 4.78 is 89.2. The van der Waals surface area contributed by atoms with E-state index in [1.54, 1.807) is 12.3 Å². The number of nitro benzene ring substituents is 1. The molecule has 5 aliphatic heterocycles. The monoisotopic (exact) mass is 1170 g/mol. The Morgan fingerprint density at radius 3 is 2.41 bits per heavy atom. The molecule has 7 heterocycles. The second kappa shape index (κ2) is 21.0. The van der Waals surface area contributed by atoms with Crippen LogP contribution in [0.1, 0.15) is 132 Å². The number of nitro groups is 1. The highest BCUT2D eigenvalue weighted by molar-refractivity contribution is 7.90. The van der Waals surface area contributed by atoms with Gasteiger partial charge in [0.05, 0.1) is 58.0 Å². The number of rotatable bonds is 12. The Labute approximate surface area is 476 Å². The molecule has 0 bridgehead atoms. The SMILES string of the molecule is CC(C)c1ccccc1[C@@H]1COCCC(C)(C)N1C1CC2(CCN(c3ccc(C(=O)NS(=O)(=O)c4cc5c(c([N+](=O)[O-])c4)N[C@H](C4(F)CCC(C)(OP(=O)(O)O)CC4)CO5)c(N4c5cc6cc[nH]c6nc5O[C@H]5COCC[C@@H]54)c3)CC2)C1. The van der Waals surface area contributed by atoms with Gasteiger partial charge in [-0.15, -0.1) is 0 Å². The van der Waals surface area contributed by atoms with Crippen LogP contribution in [0.2, 0.25) is 0 Å². The van der Waals surface area contributed by atoms with E-state index in [-0.39, 0.29) is 78.9 Å². The molecule has 0 radical (unpaired) electrons. The van der Waals surface area contributed by atoms with Gasteiger partial charge in [0.15, 0.2) is 11.4 Å². The lowest BCUT2D eigenvalue weighted by molar-refractivity contribution is -0.384. The second-order valence-electron chi connectivity index (χ2n) is 24.9. The van der Waals surface area contributed by atoms with E-state index < -0.39 is 62.7 Å². The molecule has 1 spiro atoms. The molecule has 1 amide bonds. The molecule has 4 atom stereocenters. The number of alkyl halides is 1. The number of phosphoric acid groups is 1. The third kappa shape index (κ3) is 10.6. The highest BCUT2D eigenvalue weighted by atomic mass is 32.2. The van der Waals surface area contributed by atoms with Crippen molar-refractivity contribution < 1.29 is 60.3 Å². The topological polar surface area (TPSA) is 260 Å². The van der Waals surface area contributed by atoms with E-state index in [1.807, 2.05) is 29.2 Å². The number of halogens is 1. The number of fused-ring (bicyclic) bond motifs is 4. The number of sulfonamides is 1. The van der Waals surface area contributed by atoms with Crippen LogP contribution in [0.25, 0.3) is 11.0 Å². The molecular weight excluding hydrogens is 1100 g/mol. The molecule has 0 unspecified atom stereocenters. The van der Waals surface area contributed by atoms with Gasteiger partial charge < -0.3 is 48.8 Å². The number of aromatic nitrogens is 2. The number of carbonyl (C=O) groups excluding carboxylic acids is 1. The van der Waals surface area contributed by atoms with Gasteiger partial charge in [-0.3, -0.25) is 24.3 Å². The molecule has 2 aromatic heterocycles. The summed E-state index contributed by atoms with van der Waals surface area (Å²) in [7, 11) is -9.75. The van der Waals surface area contributed by atoms with Gasteiger partial charge in [-0.2, -0.15) is 4.98 Å². The van der Waals surface area contributed by atoms with Crippen molar-refractivity contribution in [3.8, 4) is 11.6 Å². The summed E-state index contributed by atoms with van der Waals surface area (Å²) in [6.45, 7) is 13.9. The molecule has 7 aliphatic rings. The van der Waals surface area contributed by atoms with Crippen molar-refractivity contribution in [3.05, 3.63) is 99.7 Å². The standard InChI is InChI=1S/C58H72FN8O13PS/c1-35(2)40-8-6-7-9-41(40)47-32-77-25-20-55(3,4)66(47)38-30-57(31-38)18-22-64(23-19-57)37-10-11-42(44(27-37)65-43-13-24-76-33-49(43)79-54-46(65)26-36-12-21-60-52(36)62-54)53(68)63-82(74,75)39-28-45(67(69)70)51-48(29-39)78-34-50(61-51)58(59)16-14-56(5,15-17-58)80-81(71,72)73/h6-12,21,26-29,35,38,43,47,49-50,61H,13-20,22-25,30-34H2,1-5H3,(H,60,62)(H,63,68)(H2,71,72,73)/t43-,47-,49-,50-,56?,58?/m0/s1. The molecule has 24 heteroatoms. The number of phosphoric ester groups is 1. The minimum absolute atomic E-state index is 0.0174. The zero-order valence-corrected chi connectivity index (χ0v) is 48.5. The summed E-state index contributed by atoms with van der Waals surface area (Å²) in [5, 5.41) is 16.4. The lowest BCUT2D eigenvalue weighted by atomic mass is 9.59. The molecule has 21 nitrogen and oxygen atoms in total. The van der Waals surface area contributed by atoms with Crippen LogP contribution < -0.4 is 29.3 Å². The number of anilines is 4. The van der Waals surface area contributed by atoms with Crippen LogP contribution >= 0.6 is 7.82 Å². The number of H-pyrrole nitrogens is 1. The van der Waals surface area contributed by atoms with Crippen molar-refractivity contribution in [1.82, 2.24) is 19.6 Å². The Kier molecular flexibility index (Phi) is 14.5. The van der Waals surface area contributed by atoms with Crippen molar-refractivity contribution in [1.29, 1.82) is 0 Å². The number of nitrogens with one attached hydrogen (secondary N) is 3. The molecule has 12 rings (SSSR count). The van der Waals surface area contributed by atoms with Crippen LogP contribution in [0.5, 0.6) is 11.6 Å². The summed E-state index contributed by atoms with van der Waals surface area (Å²) in [5.74, 6) is -0.542. The van der Waals surface area contributed by atoms with Crippen molar-refractivity contribution in [2.45, 2.75) is 157 Å². The predicted molar refractivity (Wildman–Crippen MR) is 304 cm³/mol. The Hall–Kier alpha value is -5.91. The number of benzene rings is 3. The number of pyridine rings is 1. The molecule has 82 heavy (non-hydrogen) atoms. The van der Waals surface area contributed by atoms with E-state index in [2.05, 4.69) is 76.8 Å². The predicted octanol–water partition coefficient (Wildman–Crippen LogP) is 9.72. The van der Waals surface area contributed by atoms with Gasteiger partial charge in [0.2, 0.25) is 5.88 Å². The number of aromatic amines is 1. The maximum Gasteiger partial charge on any atom is 0.470 e. The maximum absolute atomic E-state index is 16.7. The van der Waals surface area contributed by atoms with E-state index in [0.717, 1.165) is 75.0 Å². The summed E-state index contributed by atoms with van der Waals surface area (Å²) in [5.41, 5.74) is 0.942. The van der Waals surface area contributed by atoms with Crippen molar-refractivity contribution in [2.24, 2.45) is 5.41 Å². The average Bonchev–Trinajstić information content (AvgIpc) is 2.77. The number of nitrogens with zero attached hydrogens (tertiary/aromatic N) is 5. The first-order valence-electron chi connectivity index (χ1n) is 28.5. The van der Waals surface area contributed by atoms with Crippen LogP contribution in [0.15, 0.2) is 77.8 Å². The number of amides is 1. The van der Waals surface area contributed by atoms with E-state index in [1.165, 1.54) is 18.1 Å². The van der Waals surface area contributed by atoms with Crippen LogP contribution in [-0.2, 0) is 28.6 Å². The smallest absolute Gasteiger partial charge is 0.470 e. The lowest BCUT2D eigenvalue weighted by Gasteiger charge is -2.59. The fourth-order valence-electron chi connectivity index (χ4n) is 14.3. The molecule has 2 saturated carbocycles. The highest BCUT2D eigenvalue weighted by Crippen LogP contribution is 2.56. The van der Waals surface area contributed by atoms with Gasteiger partial charge in [-0.1, -0.05) is 38.1 Å². The van der Waals surface area contributed by atoms with Gasteiger partial charge in [-0.05, 0) is 138 Å². The van der Waals surface area contributed by atoms with E-state index >= 15 is 4.39 Å². The van der Waals surface area contributed by atoms with Gasteiger partial charge in [-0.25, -0.2) is 22.1 Å². The number of carbonyl (C=O) groups is 1. The maximum atomic E-state index is 16.7. The fourth-order valence-corrected chi connectivity index (χ4v) is 16.0. The van der Waals surface area contributed by atoms with E-state index in [9.17, 15) is 37.7 Å². The first kappa shape index (κ1) is 56.6. The van der Waals surface area contributed by atoms with Gasteiger partial charge in [0, 0.05) is 67.3 Å². The molecule has 5 N–H and O–H groups in total. The summed E-state index contributed by atoms with van der Waals surface area (Å²) in [6.07, 6.45) is 6.28. The van der Waals surface area contributed by atoms with Gasteiger partial charge in [0.25, 0.3) is 21.6 Å². The molecule has 3 aromatic carbocycles. The average molecular weight is 1170 g/mol.